The van der Waals surface area contributed by atoms with Gasteiger partial charge in [-0.3, -0.25) is 4.90 Å². The van der Waals surface area contributed by atoms with Gasteiger partial charge in [-0.25, -0.2) is 0 Å². The normalized spacial score (nSPS) is 31.8. The van der Waals surface area contributed by atoms with Gasteiger partial charge in [-0.15, -0.1) is 19.0 Å². The predicted octanol–water partition coefficient (Wildman–Crippen LogP) is 2.45. The van der Waals surface area contributed by atoms with E-state index in [0.29, 0.717) is 6.04 Å². The lowest BCUT2D eigenvalue weighted by Crippen LogP contribution is -2.44. The third-order valence-electron chi connectivity index (χ3n) is 3.83. The SMILES string of the molecule is C=CC1CCCCN1CC1CCCNC1.Cl. The molecule has 2 heterocycles. The molecule has 2 aliphatic rings. The van der Waals surface area contributed by atoms with Crippen LogP contribution in [0, 0.1) is 5.92 Å². The highest BCUT2D eigenvalue weighted by Crippen LogP contribution is 2.21. The van der Waals surface area contributed by atoms with E-state index in [-0.39, 0.29) is 12.4 Å². The Morgan fingerprint density at radius 3 is 2.81 bits per heavy atom. The largest absolute Gasteiger partial charge is 0.316 e. The summed E-state index contributed by atoms with van der Waals surface area (Å²) in [7, 11) is 0. The fraction of sp³-hybridized carbons (Fsp3) is 0.846. The summed E-state index contributed by atoms with van der Waals surface area (Å²) in [4.78, 5) is 2.65. The first-order valence-corrected chi connectivity index (χ1v) is 6.47. The Hall–Kier alpha value is -0.0500. The number of piperidine rings is 2. The Kier molecular flexibility index (Phi) is 6.40. The van der Waals surface area contributed by atoms with Crippen molar-refractivity contribution in [3.63, 3.8) is 0 Å². The molecular weight excluding hydrogens is 220 g/mol. The molecule has 94 valence electrons. The van der Waals surface area contributed by atoms with Gasteiger partial charge in [-0.05, 0) is 51.2 Å². The van der Waals surface area contributed by atoms with Crippen molar-refractivity contribution in [2.45, 2.75) is 38.1 Å². The zero-order valence-electron chi connectivity index (χ0n) is 10.2. The minimum Gasteiger partial charge on any atom is -0.316 e. The first-order chi connectivity index (χ1) is 7.40. The maximum Gasteiger partial charge on any atom is 0.0275 e. The maximum absolute atomic E-state index is 3.97. The van der Waals surface area contributed by atoms with Crippen molar-refractivity contribution in [3.05, 3.63) is 12.7 Å². The van der Waals surface area contributed by atoms with Crippen LogP contribution >= 0.6 is 12.4 Å². The van der Waals surface area contributed by atoms with Crippen molar-refractivity contribution in [1.82, 2.24) is 10.2 Å². The summed E-state index contributed by atoms with van der Waals surface area (Å²) in [6, 6.07) is 0.653. The van der Waals surface area contributed by atoms with Gasteiger partial charge in [0.2, 0.25) is 0 Å². The fourth-order valence-corrected chi connectivity index (χ4v) is 2.92. The zero-order chi connectivity index (χ0) is 10.5. The lowest BCUT2D eigenvalue weighted by Gasteiger charge is -2.37. The highest BCUT2D eigenvalue weighted by molar-refractivity contribution is 5.85. The Balaban J connectivity index is 0.00000128. The topological polar surface area (TPSA) is 15.3 Å². The summed E-state index contributed by atoms with van der Waals surface area (Å²) in [6.07, 6.45) is 9.00. The van der Waals surface area contributed by atoms with Gasteiger partial charge in [0.1, 0.15) is 0 Å². The molecule has 0 radical (unpaired) electrons. The molecule has 0 aromatic heterocycles. The monoisotopic (exact) mass is 244 g/mol. The molecule has 0 aromatic rings. The first-order valence-electron chi connectivity index (χ1n) is 6.47. The lowest BCUT2D eigenvalue weighted by atomic mass is 9.95. The fourth-order valence-electron chi connectivity index (χ4n) is 2.92. The van der Waals surface area contributed by atoms with Crippen LogP contribution in [-0.2, 0) is 0 Å². The standard InChI is InChI=1S/C13H24N2.ClH/c1-2-13-7-3-4-9-15(13)11-12-6-5-8-14-10-12;/h2,12-14H,1,3-11H2;1H. The highest BCUT2D eigenvalue weighted by Gasteiger charge is 2.23. The second-order valence-electron chi connectivity index (χ2n) is 5.01. The average molecular weight is 245 g/mol. The van der Waals surface area contributed by atoms with Gasteiger partial charge < -0.3 is 5.32 Å². The van der Waals surface area contributed by atoms with E-state index in [1.165, 1.54) is 58.3 Å². The number of nitrogens with zero attached hydrogens (tertiary/aromatic N) is 1. The van der Waals surface area contributed by atoms with Gasteiger partial charge >= 0.3 is 0 Å². The second-order valence-corrected chi connectivity index (χ2v) is 5.01. The number of hydrogen-bond acceptors (Lipinski definition) is 2. The smallest absolute Gasteiger partial charge is 0.0275 e. The minimum absolute atomic E-state index is 0. The molecule has 2 unspecified atom stereocenters. The van der Waals surface area contributed by atoms with E-state index in [0.717, 1.165) is 5.92 Å². The quantitative estimate of drug-likeness (QED) is 0.768. The van der Waals surface area contributed by atoms with Crippen LogP contribution in [0.1, 0.15) is 32.1 Å². The third kappa shape index (κ3) is 3.76. The summed E-state index contributed by atoms with van der Waals surface area (Å²) in [5.41, 5.74) is 0. The van der Waals surface area contributed by atoms with Crippen molar-refractivity contribution in [2.24, 2.45) is 5.92 Å². The summed E-state index contributed by atoms with van der Waals surface area (Å²) < 4.78 is 0. The molecule has 0 spiro atoms. The molecule has 0 aliphatic carbocycles. The molecule has 16 heavy (non-hydrogen) atoms. The zero-order valence-corrected chi connectivity index (χ0v) is 11.0. The summed E-state index contributed by atoms with van der Waals surface area (Å²) in [5.74, 6) is 0.874. The summed E-state index contributed by atoms with van der Waals surface area (Å²) in [5, 5.41) is 3.50. The molecule has 2 rings (SSSR count). The Bertz CT molecular complexity index is 202. The van der Waals surface area contributed by atoms with Crippen molar-refractivity contribution in [2.75, 3.05) is 26.2 Å². The van der Waals surface area contributed by atoms with Crippen LogP contribution in [0.4, 0.5) is 0 Å². The van der Waals surface area contributed by atoms with Crippen LogP contribution < -0.4 is 5.32 Å². The number of nitrogens with one attached hydrogen (secondary N) is 1. The Morgan fingerprint density at radius 2 is 2.12 bits per heavy atom. The van der Waals surface area contributed by atoms with Gasteiger partial charge in [-0.2, -0.15) is 0 Å². The lowest BCUT2D eigenvalue weighted by molar-refractivity contribution is 0.142. The number of rotatable bonds is 3. The molecule has 2 atom stereocenters. The average Bonchev–Trinajstić information content (AvgIpc) is 2.31. The van der Waals surface area contributed by atoms with Crippen LogP contribution in [0.5, 0.6) is 0 Å². The van der Waals surface area contributed by atoms with Gasteiger partial charge in [0, 0.05) is 12.6 Å². The molecule has 0 saturated carbocycles. The molecule has 1 N–H and O–H groups in total. The molecular formula is C13H25ClN2. The first kappa shape index (κ1) is 14.0. The molecule has 2 saturated heterocycles. The van der Waals surface area contributed by atoms with Crippen molar-refractivity contribution >= 4 is 12.4 Å². The molecule has 0 bridgehead atoms. The van der Waals surface area contributed by atoms with E-state index in [1.54, 1.807) is 0 Å². The van der Waals surface area contributed by atoms with Crippen LogP contribution in [0.15, 0.2) is 12.7 Å². The van der Waals surface area contributed by atoms with E-state index < -0.39 is 0 Å². The Morgan fingerprint density at radius 1 is 1.25 bits per heavy atom. The van der Waals surface area contributed by atoms with Gasteiger partial charge in [0.25, 0.3) is 0 Å². The Labute approximate surface area is 106 Å². The van der Waals surface area contributed by atoms with Gasteiger partial charge in [0.15, 0.2) is 0 Å². The molecule has 0 aromatic carbocycles. The van der Waals surface area contributed by atoms with E-state index in [1.807, 2.05) is 0 Å². The highest BCUT2D eigenvalue weighted by atomic mass is 35.5. The van der Waals surface area contributed by atoms with Crippen LogP contribution in [0.3, 0.4) is 0 Å². The van der Waals surface area contributed by atoms with E-state index in [4.69, 9.17) is 0 Å². The van der Waals surface area contributed by atoms with E-state index in [2.05, 4.69) is 22.9 Å². The number of likely N-dealkylation sites (tertiary alicyclic amines) is 1. The molecule has 2 aliphatic heterocycles. The molecule has 2 fully saturated rings. The van der Waals surface area contributed by atoms with Crippen LogP contribution in [0.25, 0.3) is 0 Å². The number of halogens is 1. The van der Waals surface area contributed by atoms with Crippen LogP contribution in [0.2, 0.25) is 0 Å². The third-order valence-corrected chi connectivity index (χ3v) is 3.83. The van der Waals surface area contributed by atoms with Gasteiger partial charge in [-0.1, -0.05) is 12.5 Å². The maximum atomic E-state index is 3.97. The van der Waals surface area contributed by atoms with Gasteiger partial charge in [0.05, 0.1) is 0 Å². The molecule has 3 heteroatoms. The van der Waals surface area contributed by atoms with E-state index in [9.17, 15) is 0 Å². The minimum atomic E-state index is 0. The molecule has 0 amide bonds. The second kappa shape index (κ2) is 7.31. The van der Waals surface area contributed by atoms with Crippen molar-refractivity contribution < 1.29 is 0 Å². The van der Waals surface area contributed by atoms with E-state index >= 15 is 0 Å². The van der Waals surface area contributed by atoms with Crippen LogP contribution in [-0.4, -0.2) is 37.1 Å². The number of hydrogen-bond donors (Lipinski definition) is 1. The summed E-state index contributed by atoms with van der Waals surface area (Å²) in [6.45, 7) is 8.98. The van der Waals surface area contributed by atoms with Crippen molar-refractivity contribution in [3.8, 4) is 0 Å². The van der Waals surface area contributed by atoms with Crippen molar-refractivity contribution in [1.29, 1.82) is 0 Å². The molecule has 2 nitrogen and oxygen atoms in total. The summed E-state index contributed by atoms with van der Waals surface area (Å²) >= 11 is 0. The predicted molar refractivity (Wildman–Crippen MR) is 72.3 cm³/mol.